The molecule has 4 rings (SSSR count). The maximum absolute atomic E-state index is 14.6. The van der Waals surface area contributed by atoms with Crippen LogP contribution in [0.25, 0.3) is 0 Å². The molecule has 2 N–H and O–H groups in total. The van der Waals surface area contributed by atoms with E-state index in [4.69, 9.17) is 4.98 Å². The zero-order valence-electron chi connectivity index (χ0n) is 14.3. The highest BCUT2D eigenvalue weighted by Gasteiger charge is 2.30. The van der Waals surface area contributed by atoms with Gasteiger partial charge in [-0.15, -0.1) is 11.3 Å². The van der Waals surface area contributed by atoms with Crippen LogP contribution in [0.1, 0.15) is 54.1 Å². The number of anilines is 1. The van der Waals surface area contributed by atoms with Crippen molar-refractivity contribution in [1.29, 1.82) is 0 Å². The quantitative estimate of drug-likeness (QED) is 0.852. The van der Waals surface area contributed by atoms with Crippen molar-refractivity contribution < 1.29 is 13.7 Å². The first-order chi connectivity index (χ1) is 11.9. The third-order valence-corrected chi connectivity index (χ3v) is 7.40. The van der Waals surface area contributed by atoms with Gasteiger partial charge in [0.05, 0.1) is 16.2 Å². The molecule has 4 nitrogen and oxygen atoms in total. The van der Waals surface area contributed by atoms with E-state index >= 15 is 0 Å². The Morgan fingerprint density at radius 3 is 2.32 bits per heavy atom. The van der Waals surface area contributed by atoms with E-state index in [-0.39, 0.29) is 9.77 Å². The predicted octanol–water partition coefficient (Wildman–Crippen LogP) is 3.62. The van der Waals surface area contributed by atoms with Gasteiger partial charge in [-0.2, -0.15) is 0 Å². The monoisotopic (exact) mass is 380 g/mol. The van der Waals surface area contributed by atoms with Crippen molar-refractivity contribution in [3.05, 3.63) is 38.6 Å². The van der Waals surface area contributed by atoms with E-state index in [1.165, 1.54) is 19.2 Å². The lowest BCUT2D eigenvalue weighted by molar-refractivity contribution is 0.0785. The Morgan fingerprint density at radius 1 is 1.20 bits per heavy atom. The first-order valence-electron chi connectivity index (χ1n) is 8.58. The molecular weight excluding hydrogens is 359 g/mol. The molecule has 0 aliphatic heterocycles. The van der Waals surface area contributed by atoms with Crippen molar-refractivity contribution in [2.45, 2.75) is 62.9 Å². The highest BCUT2D eigenvalue weighted by molar-refractivity contribution is 7.86. The molecule has 0 fully saturated rings. The molecule has 1 unspecified atom stereocenters. The molecule has 0 amide bonds. The standard InChI is InChI=1S/C18H21FN2O2S2/c1-18(2,22)17-15(19)14(9-24-17)25(23)21-16-10-5-3-7-12(10)20-13-8-4-6-11(13)16/h9,22H,3-8H2,1-2H3,(H,20,21). The molecule has 134 valence electrons. The van der Waals surface area contributed by atoms with Crippen LogP contribution < -0.4 is 4.72 Å². The van der Waals surface area contributed by atoms with E-state index in [1.54, 1.807) is 0 Å². The Hall–Kier alpha value is -1.31. The second kappa shape index (κ2) is 6.14. The normalized spacial score (nSPS) is 17.4. The Bertz CT molecular complexity index is 839. The zero-order valence-corrected chi connectivity index (χ0v) is 16.0. The number of aryl methyl sites for hydroxylation is 2. The largest absolute Gasteiger partial charge is 0.385 e. The molecule has 0 saturated heterocycles. The summed E-state index contributed by atoms with van der Waals surface area (Å²) in [4.78, 5) is 5.10. The summed E-state index contributed by atoms with van der Waals surface area (Å²) < 4.78 is 30.6. The summed E-state index contributed by atoms with van der Waals surface area (Å²) in [5.41, 5.74) is 4.12. The lowest BCUT2D eigenvalue weighted by Crippen LogP contribution is -2.16. The van der Waals surface area contributed by atoms with Crippen LogP contribution in [0.15, 0.2) is 10.3 Å². The van der Waals surface area contributed by atoms with Crippen molar-refractivity contribution in [3.63, 3.8) is 0 Å². The molecule has 25 heavy (non-hydrogen) atoms. The lowest BCUT2D eigenvalue weighted by atomic mass is 10.1. The second-order valence-corrected chi connectivity index (χ2v) is 9.28. The summed E-state index contributed by atoms with van der Waals surface area (Å²) in [6.07, 6.45) is 5.88. The highest BCUT2D eigenvalue weighted by atomic mass is 32.2. The summed E-state index contributed by atoms with van der Waals surface area (Å²) in [6.45, 7) is 3.06. The van der Waals surface area contributed by atoms with Gasteiger partial charge in [0.25, 0.3) is 0 Å². The molecule has 2 aromatic rings. The maximum Gasteiger partial charge on any atom is 0.157 e. The van der Waals surface area contributed by atoms with Crippen LogP contribution in [-0.2, 0) is 42.3 Å². The van der Waals surface area contributed by atoms with Gasteiger partial charge in [-0.05, 0) is 63.5 Å². The zero-order chi connectivity index (χ0) is 17.8. The molecule has 0 radical (unpaired) electrons. The number of aromatic nitrogens is 1. The van der Waals surface area contributed by atoms with Gasteiger partial charge < -0.3 is 9.83 Å². The summed E-state index contributed by atoms with van der Waals surface area (Å²) >= 11 is 1.10. The SMILES string of the molecule is CC(C)(O)c1scc(S(=O)Nc2c3c(nc4c2CCC4)CCC3)c1F. The molecule has 0 bridgehead atoms. The van der Waals surface area contributed by atoms with Gasteiger partial charge in [0.15, 0.2) is 16.8 Å². The van der Waals surface area contributed by atoms with Gasteiger partial charge in [0.1, 0.15) is 4.90 Å². The van der Waals surface area contributed by atoms with E-state index in [1.807, 2.05) is 0 Å². The smallest absolute Gasteiger partial charge is 0.157 e. The number of rotatable bonds is 4. The van der Waals surface area contributed by atoms with Crippen molar-refractivity contribution in [1.82, 2.24) is 4.98 Å². The van der Waals surface area contributed by atoms with Gasteiger partial charge in [0.2, 0.25) is 0 Å². The summed E-state index contributed by atoms with van der Waals surface area (Å²) in [7, 11) is -1.70. The average Bonchev–Trinajstić information content (AvgIpc) is 3.24. The topological polar surface area (TPSA) is 62.2 Å². The molecule has 0 saturated carbocycles. The number of fused-ring (bicyclic) bond motifs is 2. The number of thiophene rings is 1. The highest BCUT2D eigenvalue weighted by Crippen LogP contribution is 2.38. The van der Waals surface area contributed by atoms with Crippen LogP contribution in [0.2, 0.25) is 0 Å². The molecule has 2 aliphatic carbocycles. The molecule has 1 atom stereocenters. The number of hydrogen-bond acceptors (Lipinski definition) is 4. The van der Waals surface area contributed by atoms with E-state index in [2.05, 4.69) is 4.72 Å². The minimum absolute atomic E-state index is 0.109. The van der Waals surface area contributed by atoms with Gasteiger partial charge in [-0.3, -0.25) is 4.98 Å². The minimum Gasteiger partial charge on any atom is -0.385 e. The summed E-state index contributed by atoms with van der Waals surface area (Å²) in [6, 6.07) is 0. The number of halogens is 1. The molecular formula is C18H21FN2O2S2. The van der Waals surface area contributed by atoms with Crippen LogP contribution in [0.3, 0.4) is 0 Å². The van der Waals surface area contributed by atoms with E-state index in [0.717, 1.165) is 78.1 Å². The van der Waals surface area contributed by atoms with Crippen LogP contribution in [0.4, 0.5) is 10.1 Å². The first kappa shape index (κ1) is 17.1. The Balaban J connectivity index is 1.70. The molecule has 2 aliphatic rings. The third kappa shape index (κ3) is 2.92. The average molecular weight is 381 g/mol. The number of pyridine rings is 1. The molecule has 2 aromatic heterocycles. The summed E-state index contributed by atoms with van der Waals surface area (Å²) in [5.74, 6) is -0.578. The fourth-order valence-electron chi connectivity index (χ4n) is 3.72. The summed E-state index contributed by atoms with van der Waals surface area (Å²) in [5, 5.41) is 11.6. The fourth-order valence-corrected chi connectivity index (χ4v) is 5.92. The predicted molar refractivity (Wildman–Crippen MR) is 97.8 cm³/mol. The van der Waals surface area contributed by atoms with Crippen molar-refractivity contribution in [2.75, 3.05) is 4.72 Å². The van der Waals surface area contributed by atoms with Crippen molar-refractivity contribution in [2.24, 2.45) is 0 Å². The number of nitrogens with one attached hydrogen (secondary N) is 1. The second-order valence-electron chi connectivity index (χ2n) is 7.22. The Morgan fingerprint density at radius 2 is 1.80 bits per heavy atom. The first-order valence-corrected chi connectivity index (χ1v) is 10.6. The molecule has 0 spiro atoms. The van der Waals surface area contributed by atoms with Crippen LogP contribution >= 0.6 is 11.3 Å². The Labute approximate surface area is 153 Å². The van der Waals surface area contributed by atoms with E-state index in [0.29, 0.717) is 0 Å². The molecule has 2 heterocycles. The number of aliphatic hydroxyl groups is 1. The van der Waals surface area contributed by atoms with Crippen LogP contribution in [0.5, 0.6) is 0 Å². The van der Waals surface area contributed by atoms with Crippen LogP contribution in [-0.4, -0.2) is 14.3 Å². The van der Waals surface area contributed by atoms with Gasteiger partial charge >= 0.3 is 0 Å². The van der Waals surface area contributed by atoms with Crippen molar-refractivity contribution >= 4 is 28.0 Å². The molecule has 7 heteroatoms. The Kier molecular flexibility index (Phi) is 4.21. The minimum atomic E-state index is -1.70. The maximum atomic E-state index is 14.6. The van der Waals surface area contributed by atoms with Gasteiger partial charge in [-0.25, -0.2) is 8.60 Å². The van der Waals surface area contributed by atoms with Gasteiger partial charge in [0, 0.05) is 16.8 Å². The third-order valence-electron chi connectivity index (χ3n) is 4.90. The van der Waals surface area contributed by atoms with Crippen LogP contribution in [0, 0.1) is 5.82 Å². The van der Waals surface area contributed by atoms with E-state index < -0.39 is 22.4 Å². The number of hydrogen-bond donors (Lipinski definition) is 2. The fraction of sp³-hybridized carbons (Fsp3) is 0.500. The number of nitrogens with zero attached hydrogens (tertiary/aromatic N) is 1. The van der Waals surface area contributed by atoms with Crippen molar-refractivity contribution in [3.8, 4) is 0 Å². The lowest BCUT2D eigenvalue weighted by Gasteiger charge is -2.16. The van der Waals surface area contributed by atoms with Gasteiger partial charge in [-0.1, -0.05) is 0 Å². The van der Waals surface area contributed by atoms with E-state index in [9.17, 15) is 13.7 Å². The molecule has 0 aromatic carbocycles.